The average Bonchev–Trinajstić information content (AvgIpc) is 2.54. The largest absolute Gasteiger partial charge is 0.465 e. The molecule has 23 heavy (non-hydrogen) atoms. The number of halogens is 3. The molecule has 0 atom stereocenters. The first-order chi connectivity index (χ1) is 11.0. The number of ether oxygens (including phenoxy) is 1. The molecule has 2 aromatic carbocycles. The molecule has 1 heterocycles. The van der Waals surface area contributed by atoms with Crippen molar-refractivity contribution in [2.75, 3.05) is 7.11 Å². The van der Waals surface area contributed by atoms with Crippen molar-refractivity contribution in [3.8, 4) is 11.1 Å². The Hall–Kier alpha value is -2.53. The van der Waals surface area contributed by atoms with Gasteiger partial charge in [0, 0.05) is 28.8 Å². The highest BCUT2D eigenvalue weighted by Crippen LogP contribution is 2.36. The van der Waals surface area contributed by atoms with Crippen LogP contribution in [0.15, 0.2) is 42.6 Å². The number of esters is 1. The van der Waals surface area contributed by atoms with Crippen LogP contribution in [-0.4, -0.2) is 18.1 Å². The number of fused-ring (bicyclic) bond motifs is 1. The van der Waals surface area contributed by atoms with E-state index in [4.69, 9.17) is 11.6 Å². The van der Waals surface area contributed by atoms with Crippen LogP contribution in [0.5, 0.6) is 0 Å². The Kier molecular flexibility index (Phi) is 3.96. The van der Waals surface area contributed by atoms with Crippen LogP contribution in [0.1, 0.15) is 10.4 Å². The van der Waals surface area contributed by atoms with E-state index in [1.54, 1.807) is 12.1 Å². The predicted octanol–water partition coefficient (Wildman–Crippen LogP) is 4.62. The quantitative estimate of drug-likeness (QED) is 0.642. The van der Waals surface area contributed by atoms with Gasteiger partial charge in [-0.2, -0.15) is 0 Å². The lowest BCUT2D eigenvalue weighted by Crippen LogP contribution is -2.01. The monoisotopic (exact) mass is 333 g/mol. The summed E-state index contributed by atoms with van der Waals surface area (Å²) >= 11 is 6.18. The molecule has 0 saturated heterocycles. The second kappa shape index (κ2) is 5.93. The Morgan fingerprint density at radius 3 is 2.65 bits per heavy atom. The third-order valence-electron chi connectivity index (χ3n) is 3.44. The minimum Gasteiger partial charge on any atom is -0.465 e. The molecule has 0 aliphatic carbocycles. The van der Waals surface area contributed by atoms with E-state index in [1.807, 2.05) is 0 Å². The fourth-order valence-electron chi connectivity index (χ4n) is 2.38. The fraction of sp³-hybridized carbons (Fsp3) is 0.0588. The second-order valence-electron chi connectivity index (χ2n) is 4.83. The summed E-state index contributed by atoms with van der Waals surface area (Å²) in [5.41, 5.74) is 1.29. The summed E-state index contributed by atoms with van der Waals surface area (Å²) in [6.07, 6.45) is 1.39. The van der Waals surface area contributed by atoms with E-state index in [1.165, 1.54) is 25.4 Å². The van der Waals surface area contributed by atoms with E-state index >= 15 is 0 Å². The highest BCUT2D eigenvalue weighted by molar-refractivity contribution is 6.34. The maximum Gasteiger partial charge on any atom is 0.337 e. The van der Waals surface area contributed by atoms with Crippen LogP contribution in [-0.2, 0) is 4.74 Å². The molecule has 0 spiro atoms. The SMILES string of the molecule is COC(=O)c1ccc2ncc(Cl)c(-c3ccc(F)cc3F)c2c1. The highest BCUT2D eigenvalue weighted by atomic mass is 35.5. The van der Waals surface area contributed by atoms with Gasteiger partial charge in [-0.1, -0.05) is 11.6 Å². The number of pyridine rings is 1. The molecule has 1 aromatic heterocycles. The Morgan fingerprint density at radius 2 is 1.96 bits per heavy atom. The molecule has 0 bridgehead atoms. The van der Waals surface area contributed by atoms with Crippen molar-refractivity contribution < 1.29 is 18.3 Å². The summed E-state index contributed by atoms with van der Waals surface area (Å²) in [4.78, 5) is 15.9. The lowest BCUT2D eigenvalue weighted by Gasteiger charge is -2.11. The molecule has 0 aliphatic rings. The first-order valence-corrected chi connectivity index (χ1v) is 7.01. The number of benzene rings is 2. The molecule has 0 N–H and O–H groups in total. The minimum atomic E-state index is -0.747. The number of carbonyl (C=O) groups is 1. The molecule has 0 fully saturated rings. The standard InChI is InChI=1S/C17H10ClF2NO2/c1-23-17(22)9-2-5-15-12(6-9)16(13(18)8-21-15)11-4-3-10(19)7-14(11)20/h2-8H,1H3. The van der Waals surface area contributed by atoms with Crippen LogP contribution in [0.4, 0.5) is 8.78 Å². The topological polar surface area (TPSA) is 39.2 Å². The second-order valence-corrected chi connectivity index (χ2v) is 5.24. The Balaban J connectivity index is 2.33. The van der Waals surface area contributed by atoms with E-state index in [0.717, 1.165) is 12.1 Å². The maximum atomic E-state index is 14.2. The van der Waals surface area contributed by atoms with Crippen LogP contribution in [0, 0.1) is 11.6 Å². The number of hydrogen-bond acceptors (Lipinski definition) is 3. The summed E-state index contributed by atoms with van der Waals surface area (Å²) in [7, 11) is 1.27. The summed E-state index contributed by atoms with van der Waals surface area (Å²) in [5.74, 6) is -1.96. The lowest BCUT2D eigenvalue weighted by molar-refractivity contribution is 0.0601. The van der Waals surface area contributed by atoms with Gasteiger partial charge in [-0.3, -0.25) is 4.98 Å². The Bertz CT molecular complexity index is 928. The Labute approximate surface area is 135 Å². The van der Waals surface area contributed by atoms with Crippen LogP contribution >= 0.6 is 11.6 Å². The van der Waals surface area contributed by atoms with E-state index in [0.29, 0.717) is 16.5 Å². The third kappa shape index (κ3) is 2.75. The zero-order valence-electron chi connectivity index (χ0n) is 11.9. The molecule has 0 amide bonds. The molecule has 6 heteroatoms. The minimum absolute atomic E-state index is 0.130. The van der Waals surface area contributed by atoms with E-state index in [-0.39, 0.29) is 16.1 Å². The average molecular weight is 334 g/mol. The summed E-state index contributed by atoms with van der Waals surface area (Å²) < 4.78 is 32.0. The molecule has 0 unspecified atom stereocenters. The number of aromatic nitrogens is 1. The molecule has 3 rings (SSSR count). The zero-order chi connectivity index (χ0) is 16.6. The van der Waals surface area contributed by atoms with Gasteiger partial charge in [0.05, 0.1) is 23.2 Å². The van der Waals surface area contributed by atoms with Crippen molar-refractivity contribution in [1.29, 1.82) is 0 Å². The summed E-state index contributed by atoms with van der Waals surface area (Å²) in [5, 5.41) is 0.677. The smallest absolute Gasteiger partial charge is 0.337 e. The van der Waals surface area contributed by atoms with Gasteiger partial charge in [0.25, 0.3) is 0 Å². The first-order valence-electron chi connectivity index (χ1n) is 6.63. The van der Waals surface area contributed by atoms with E-state index in [2.05, 4.69) is 9.72 Å². The first kappa shape index (κ1) is 15.4. The van der Waals surface area contributed by atoms with Crippen LogP contribution in [0.2, 0.25) is 5.02 Å². The summed E-state index contributed by atoms with van der Waals surface area (Å²) in [6.45, 7) is 0. The molecule has 0 radical (unpaired) electrons. The van der Waals surface area contributed by atoms with Crippen molar-refractivity contribution in [2.45, 2.75) is 0 Å². The van der Waals surface area contributed by atoms with Crippen LogP contribution in [0.25, 0.3) is 22.0 Å². The number of nitrogens with zero attached hydrogens (tertiary/aromatic N) is 1. The van der Waals surface area contributed by atoms with Gasteiger partial charge in [-0.05, 0) is 30.3 Å². The highest BCUT2D eigenvalue weighted by Gasteiger charge is 2.16. The molecule has 3 nitrogen and oxygen atoms in total. The summed E-state index contributed by atoms with van der Waals surface area (Å²) in [6, 6.07) is 7.92. The van der Waals surface area contributed by atoms with Crippen molar-refractivity contribution in [3.63, 3.8) is 0 Å². The number of methoxy groups -OCH3 is 1. The molecule has 0 saturated carbocycles. The molecule has 0 aliphatic heterocycles. The van der Waals surface area contributed by atoms with Crippen molar-refractivity contribution in [3.05, 3.63) is 64.8 Å². The lowest BCUT2D eigenvalue weighted by atomic mass is 9.99. The number of hydrogen-bond donors (Lipinski definition) is 0. The van der Waals surface area contributed by atoms with Gasteiger partial charge in [-0.25, -0.2) is 13.6 Å². The zero-order valence-corrected chi connectivity index (χ0v) is 12.7. The van der Waals surface area contributed by atoms with Gasteiger partial charge in [0.2, 0.25) is 0 Å². The number of carbonyl (C=O) groups excluding carboxylic acids is 1. The van der Waals surface area contributed by atoms with Gasteiger partial charge in [0.1, 0.15) is 11.6 Å². The molecule has 116 valence electrons. The Morgan fingerprint density at radius 1 is 1.17 bits per heavy atom. The van der Waals surface area contributed by atoms with E-state index in [9.17, 15) is 13.6 Å². The van der Waals surface area contributed by atoms with Crippen molar-refractivity contribution in [2.24, 2.45) is 0 Å². The molecular formula is C17H10ClF2NO2. The fourth-order valence-corrected chi connectivity index (χ4v) is 2.63. The predicted molar refractivity (Wildman–Crippen MR) is 83.4 cm³/mol. The number of rotatable bonds is 2. The van der Waals surface area contributed by atoms with Crippen molar-refractivity contribution >= 4 is 28.5 Å². The normalized spacial score (nSPS) is 10.8. The van der Waals surface area contributed by atoms with Gasteiger partial charge < -0.3 is 4.74 Å². The van der Waals surface area contributed by atoms with Gasteiger partial charge in [-0.15, -0.1) is 0 Å². The van der Waals surface area contributed by atoms with Crippen LogP contribution < -0.4 is 0 Å². The van der Waals surface area contributed by atoms with Gasteiger partial charge in [0.15, 0.2) is 0 Å². The van der Waals surface area contributed by atoms with E-state index < -0.39 is 17.6 Å². The maximum absolute atomic E-state index is 14.2. The van der Waals surface area contributed by atoms with Crippen molar-refractivity contribution in [1.82, 2.24) is 4.98 Å². The van der Waals surface area contributed by atoms with Gasteiger partial charge >= 0.3 is 5.97 Å². The third-order valence-corrected chi connectivity index (χ3v) is 3.73. The molecular weight excluding hydrogens is 324 g/mol. The molecule has 3 aromatic rings. The van der Waals surface area contributed by atoms with Crippen LogP contribution in [0.3, 0.4) is 0 Å².